The van der Waals surface area contributed by atoms with Crippen LogP contribution in [0.5, 0.6) is 0 Å². The van der Waals surface area contributed by atoms with E-state index < -0.39 is 11.6 Å². The fourth-order valence-electron chi connectivity index (χ4n) is 1.71. The minimum absolute atomic E-state index is 0.0850. The van der Waals surface area contributed by atoms with E-state index in [1.54, 1.807) is 6.92 Å². The van der Waals surface area contributed by atoms with E-state index in [0.29, 0.717) is 28.1 Å². The normalized spacial score (nSPS) is 10.7. The summed E-state index contributed by atoms with van der Waals surface area (Å²) in [6, 6.07) is 4.12. The molecule has 5 heteroatoms. The highest BCUT2D eigenvalue weighted by atomic mass is 32.1. The Hall–Kier alpha value is -1.62. The molecule has 18 heavy (non-hydrogen) atoms. The topological polar surface area (TPSA) is 28.7 Å². The van der Waals surface area contributed by atoms with E-state index in [9.17, 15) is 8.78 Å². The average molecular weight is 266 g/mol. The van der Waals surface area contributed by atoms with Crippen molar-refractivity contribution in [2.45, 2.75) is 20.3 Å². The van der Waals surface area contributed by atoms with E-state index in [-0.39, 0.29) is 5.56 Å². The highest BCUT2D eigenvalue weighted by Crippen LogP contribution is 2.26. The molecule has 1 aromatic carbocycles. The van der Waals surface area contributed by atoms with Gasteiger partial charge in [-0.1, -0.05) is 25.2 Å². The van der Waals surface area contributed by atoms with Crippen LogP contribution in [0.25, 0.3) is 11.3 Å². The van der Waals surface area contributed by atoms with Gasteiger partial charge in [0.2, 0.25) is 0 Å². The standard InChI is InChI=1S/C13H12F2N2S/c1-3-10-16-9(6-11(18)17-10)12-8(14)5-4-7(2)13(12)15/h4-6H,3H2,1-2H3,(H,16,17,18). The second-order valence-corrected chi connectivity index (χ2v) is 4.40. The van der Waals surface area contributed by atoms with Crippen LogP contribution in [0, 0.1) is 23.2 Å². The number of H-pyrrole nitrogens is 1. The van der Waals surface area contributed by atoms with Crippen LogP contribution in [0.3, 0.4) is 0 Å². The molecule has 0 bridgehead atoms. The molecule has 2 rings (SSSR count). The van der Waals surface area contributed by atoms with Gasteiger partial charge in [0.1, 0.15) is 22.1 Å². The number of benzene rings is 1. The van der Waals surface area contributed by atoms with Crippen LogP contribution in [0.4, 0.5) is 8.78 Å². The maximum absolute atomic E-state index is 14.0. The molecule has 1 aromatic heterocycles. The van der Waals surface area contributed by atoms with Gasteiger partial charge in [-0.05, 0) is 24.6 Å². The smallest absolute Gasteiger partial charge is 0.138 e. The third kappa shape index (κ3) is 2.31. The number of rotatable bonds is 2. The molecule has 2 nitrogen and oxygen atoms in total. The Kier molecular flexibility index (Phi) is 3.52. The third-order valence-electron chi connectivity index (χ3n) is 2.68. The van der Waals surface area contributed by atoms with Crippen molar-refractivity contribution in [2.75, 3.05) is 0 Å². The number of hydrogen-bond acceptors (Lipinski definition) is 2. The fourth-order valence-corrected chi connectivity index (χ4v) is 1.94. The molecule has 0 radical (unpaired) electrons. The second-order valence-electron chi connectivity index (χ2n) is 3.99. The van der Waals surface area contributed by atoms with Gasteiger partial charge in [0.05, 0.1) is 11.3 Å². The van der Waals surface area contributed by atoms with Crippen LogP contribution in [0.15, 0.2) is 18.2 Å². The second kappa shape index (κ2) is 4.94. The first-order valence-electron chi connectivity index (χ1n) is 5.58. The molecule has 0 atom stereocenters. The number of halogens is 2. The molecule has 0 saturated carbocycles. The van der Waals surface area contributed by atoms with Gasteiger partial charge in [0.25, 0.3) is 0 Å². The predicted octanol–water partition coefficient (Wildman–Crippen LogP) is 3.96. The van der Waals surface area contributed by atoms with E-state index in [1.165, 1.54) is 18.2 Å². The van der Waals surface area contributed by atoms with Gasteiger partial charge in [-0.15, -0.1) is 0 Å². The van der Waals surface area contributed by atoms with Crippen molar-refractivity contribution >= 4 is 12.2 Å². The average Bonchev–Trinajstić information content (AvgIpc) is 2.34. The quantitative estimate of drug-likeness (QED) is 0.834. The Balaban J connectivity index is 2.73. The van der Waals surface area contributed by atoms with Gasteiger partial charge < -0.3 is 4.98 Å². The lowest BCUT2D eigenvalue weighted by atomic mass is 10.1. The minimum atomic E-state index is -0.614. The summed E-state index contributed by atoms with van der Waals surface area (Å²) < 4.78 is 28.1. The van der Waals surface area contributed by atoms with Crippen molar-refractivity contribution in [3.8, 4) is 11.3 Å². The third-order valence-corrected chi connectivity index (χ3v) is 2.89. The summed E-state index contributed by atoms with van der Waals surface area (Å²) in [4.78, 5) is 6.98. The van der Waals surface area contributed by atoms with Crippen LogP contribution < -0.4 is 0 Å². The van der Waals surface area contributed by atoms with Crippen LogP contribution in [0.1, 0.15) is 18.3 Å². The molecule has 0 saturated heterocycles. The first kappa shape index (κ1) is 12.8. The maximum atomic E-state index is 14.0. The summed E-state index contributed by atoms with van der Waals surface area (Å²) in [5, 5.41) is 0. The summed E-state index contributed by atoms with van der Waals surface area (Å²) in [5.74, 6) is -0.580. The van der Waals surface area contributed by atoms with Gasteiger partial charge in [0.15, 0.2) is 0 Å². The molecule has 94 valence electrons. The Morgan fingerprint density at radius 1 is 1.33 bits per heavy atom. The maximum Gasteiger partial charge on any atom is 0.138 e. The van der Waals surface area contributed by atoms with E-state index in [4.69, 9.17) is 12.2 Å². The van der Waals surface area contributed by atoms with Crippen molar-refractivity contribution in [3.63, 3.8) is 0 Å². The van der Waals surface area contributed by atoms with E-state index in [1.807, 2.05) is 6.92 Å². The molecular formula is C13H12F2N2S. The molecule has 0 aliphatic carbocycles. The molecule has 0 aliphatic heterocycles. The number of nitrogens with zero attached hydrogens (tertiary/aromatic N) is 1. The summed E-state index contributed by atoms with van der Waals surface area (Å²) >= 11 is 5.00. The summed E-state index contributed by atoms with van der Waals surface area (Å²) in [6.07, 6.45) is 0.618. The molecule has 1 N–H and O–H groups in total. The van der Waals surface area contributed by atoms with Gasteiger partial charge in [0, 0.05) is 6.42 Å². The van der Waals surface area contributed by atoms with Crippen molar-refractivity contribution in [1.29, 1.82) is 0 Å². The predicted molar refractivity (Wildman–Crippen MR) is 68.9 cm³/mol. The lowest BCUT2D eigenvalue weighted by Crippen LogP contribution is -2.00. The van der Waals surface area contributed by atoms with Gasteiger partial charge >= 0.3 is 0 Å². The van der Waals surface area contributed by atoms with Crippen molar-refractivity contribution in [3.05, 3.63) is 45.9 Å². The zero-order chi connectivity index (χ0) is 13.3. The van der Waals surface area contributed by atoms with Gasteiger partial charge in [-0.3, -0.25) is 0 Å². The van der Waals surface area contributed by atoms with E-state index in [0.717, 1.165) is 0 Å². The first-order valence-corrected chi connectivity index (χ1v) is 5.99. The van der Waals surface area contributed by atoms with Crippen LogP contribution >= 0.6 is 12.2 Å². The van der Waals surface area contributed by atoms with E-state index >= 15 is 0 Å². The molecule has 0 fully saturated rings. The highest BCUT2D eigenvalue weighted by Gasteiger charge is 2.14. The van der Waals surface area contributed by atoms with Crippen molar-refractivity contribution < 1.29 is 8.78 Å². The Bertz CT molecular complexity index is 650. The lowest BCUT2D eigenvalue weighted by molar-refractivity contribution is 0.582. The number of hydrogen-bond donors (Lipinski definition) is 1. The van der Waals surface area contributed by atoms with Gasteiger partial charge in [-0.2, -0.15) is 0 Å². The molecule has 0 spiro atoms. The Morgan fingerprint density at radius 3 is 2.72 bits per heavy atom. The molecule has 0 unspecified atom stereocenters. The van der Waals surface area contributed by atoms with Crippen LogP contribution in [0.2, 0.25) is 0 Å². The molecule has 0 amide bonds. The van der Waals surface area contributed by atoms with Crippen LogP contribution in [-0.4, -0.2) is 9.97 Å². The highest BCUT2D eigenvalue weighted by molar-refractivity contribution is 7.71. The zero-order valence-electron chi connectivity index (χ0n) is 10.1. The lowest BCUT2D eigenvalue weighted by Gasteiger charge is -2.09. The Morgan fingerprint density at radius 2 is 2.06 bits per heavy atom. The molecule has 0 aliphatic rings. The zero-order valence-corrected chi connectivity index (χ0v) is 10.9. The summed E-state index contributed by atoms with van der Waals surface area (Å²) in [5.41, 5.74) is 0.629. The fraction of sp³-hybridized carbons (Fsp3) is 0.231. The van der Waals surface area contributed by atoms with Crippen LogP contribution in [-0.2, 0) is 6.42 Å². The Labute approximate surface area is 109 Å². The summed E-state index contributed by atoms with van der Waals surface area (Å²) in [6.45, 7) is 3.48. The SMILES string of the molecule is CCc1nc(=S)cc(-c2c(F)ccc(C)c2F)[nH]1. The molecular weight excluding hydrogens is 254 g/mol. The molecule has 1 heterocycles. The first-order chi connectivity index (χ1) is 8.52. The van der Waals surface area contributed by atoms with Crippen molar-refractivity contribution in [1.82, 2.24) is 9.97 Å². The largest absolute Gasteiger partial charge is 0.343 e. The number of aryl methyl sites for hydroxylation is 2. The molecule has 2 aromatic rings. The number of aromatic nitrogens is 2. The number of aromatic amines is 1. The monoisotopic (exact) mass is 266 g/mol. The van der Waals surface area contributed by atoms with E-state index in [2.05, 4.69) is 9.97 Å². The summed E-state index contributed by atoms with van der Waals surface area (Å²) in [7, 11) is 0. The van der Waals surface area contributed by atoms with Crippen molar-refractivity contribution in [2.24, 2.45) is 0 Å². The number of nitrogens with one attached hydrogen (secondary N) is 1. The minimum Gasteiger partial charge on any atom is -0.343 e. The van der Waals surface area contributed by atoms with Gasteiger partial charge in [-0.25, -0.2) is 13.8 Å².